The molecule has 2 unspecified atom stereocenters. The van der Waals surface area contributed by atoms with Crippen molar-refractivity contribution in [3.8, 4) is 0 Å². The zero-order chi connectivity index (χ0) is 8.27. The molecule has 3 N–H and O–H groups in total. The van der Waals surface area contributed by atoms with E-state index in [0.717, 1.165) is 0 Å². The first-order valence-corrected chi connectivity index (χ1v) is 3.33. The Labute approximate surface area is 64.6 Å². The fourth-order valence-corrected chi connectivity index (χ4v) is 0.885. The van der Waals surface area contributed by atoms with Crippen molar-refractivity contribution in [3.05, 3.63) is 0 Å². The van der Waals surface area contributed by atoms with Gasteiger partial charge in [-0.2, -0.15) is 0 Å². The topological polar surface area (TPSA) is 76.7 Å². The van der Waals surface area contributed by atoms with Crippen molar-refractivity contribution in [2.24, 2.45) is 10.7 Å². The van der Waals surface area contributed by atoms with Crippen LogP contribution >= 0.6 is 0 Å². The van der Waals surface area contributed by atoms with Crippen LogP contribution in [-0.4, -0.2) is 38.0 Å². The molecule has 0 aromatic heterocycles. The number of hydrogen-bond acceptors (Lipinski definition) is 5. The molecule has 0 aromatic carbocycles. The molecule has 1 aliphatic rings. The maximum atomic E-state index is 10.9. The van der Waals surface area contributed by atoms with Crippen LogP contribution in [0.1, 0.15) is 0 Å². The van der Waals surface area contributed by atoms with Gasteiger partial charge in [-0.15, -0.1) is 0 Å². The average molecular weight is 157 g/mol. The molecule has 1 rings (SSSR count). The summed E-state index contributed by atoms with van der Waals surface area (Å²) in [5.74, 6) is -0.409. The fourth-order valence-electron chi connectivity index (χ4n) is 0.885. The van der Waals surface area contributed by atoms with E-state index in [1.165, 1.54) is 7.11 Å². The van der Waals surface area contributed by atoms with Gasteiger partial charge in [-0.1, -0.05) is 0 Å². The molecule has 62 valence electrons. The molecule has 2 atom stereocenters. The number of carbonyl (C=O) groups excluding carboxylic acids is 1. The predicted octanol–water partition coefficient (Wildman–Crippen LogP) is -1.51. The van der Waals surface area contributed by atoms with Crippen molar-refractivity contribution in [2.75, 3.05) is 13.7 Å². The predicted molar refractivity (Wildman–Crippen MR) is 40.3 cm³/mol. The number of aliphatic imine (C=N–C) groups is 1. The smallest absolute Gasteiger partial charge is 0.324 e. The number of rotatable bonds is 2. The minimum absolute atomic E-state index is 0.109. The van der Waals surface area contributed by atoms with E-state index in [1.54, 1.807) is 6.34 Å². The van der Waals surface area contributed by atoms with Gasteiger partial charge < -0.3 is 15.8 Å². The molecule has 5 heteroatoms. The Balaban J connectivity index is 2.41. The lowest BCUT2D eigenvalue weighted by Crippen LogP contribution is -2.49. The van der Waals surface area contributed by atoms with Gasteiger partial charge in [0.25, 0.3) is 0 Å². The Morgan fingerprint density at radius 3 is 3.18 bits per heavy atom. The SMILES string of the molecule is COC(=O)C(N)C1CN=CN1. The third-order valence-electron chi connectivity index (χ3n) is 1.59. The molecule has 0 saturated carbocycles. The molecule has 0 bridgehead atoms. The Bertz CT molecular complexity index is 173. The molecule has 1 heterocycles. The van der Waals surface area contributed by atoms with Crippen LogP contribution in [0.5, 0.6) is 0 Å². The summed E-state index contributed by atoms with van der Waals surface area (Å²) in [7, 11) is 1.32. The van der Waals surface area contributed by atoms with Crippen LogP contribution in [0.15, 0.2) is 4.99 Å². The molecule has 0 fully saturated rings. The van der Waals surface area contributed by atoms with E-state index in [9.17, 15) is 4.79 Å². The van der Waals surface area contributed by atoms with E-state index in [4.69, 9.17) is 5.73 Å². The minimum Gasteiger partial charge on any atom is -0.468 e. The third-order valence-corrected chi connectivity index (χ3v) is 1.59. The second kappa shape index (κ2) is 3.34. The number of methoxy groups -OCH3 is 1. The maximum Gasteiger partial charge on any atom is 0.324 e. The summed E-state index contributed by atoms with van der Waals surface area (Å²) < 4.78 is 4.46. The Kier molecular flexibility index (Phi) is 2.43. The molecule has 0 saturated heterocycles. The van der Waals surface area contributed by atoms with Crippen molar-refractivity contribution in [3.63, 3.8) is 0 Å². The molecular weight excluding hydrogens is 146 g/mol. The Morgan fingerprint density at radius 2 is 2.73 bits per heavy atom. The highest BCUT2D eigenvalue weighted by atomic mass is 16.5. The summed E-state index contributed by atoms with van der Waals surface area (Å²) in [5.41, 5.74) is 5.52. The lowest BCUT2D eigenvalue weighted by Gasteiger charge is -2.15. The molecule has 11 heavy (non-hydrogen) atoms. The van der Waals surface area contributed by atoms with E-state index in [2.05, 4.69) is 15.0 Å². The number of hydrogen-bond donors (Lipinski definition) is 2. The quantitative estimate of drug-likeness (QED) is 0.478. The van der Waals surface area contributed by atoms with Gasteiger partial charge in [0.2, 0.25) is 0 Å². The van der Waals surface area contributed by atoms with Gasteiger partial charge in [-0.05, 0) is 0 Å². The highest BCUT2D eigenvalue weighted by Crippen LogP contribution is 1.97. The van der Waals surface area contributed by atoms with E-state index < -0.39 is 12.0 Å². The number of carbonyl (C=O) groups is 1. The Morgan fingerprint density at radius 1 is 2.00 bits per heavy atom. The van der Waals surface area contributed by atoms with Crippen LogP contribution in [-0.2, 0) is 9.53 Å². The summed E-state index contributed by atoms with van der Waals surface area (Å²) in [6.07, 6.45) is 1.55. The molecule has 5 nitrogen and oxygen atoms in total. The molecule has 0 spiro atoms. The highest BCUT2D eigenvalue weighted by Gasteiger charge is 2.25. The van der Waals surface area contributed by atoms with Gasteiger partial charge in [-0.3, -0.25) is 9.79 Å². The molecular formula is C6H11N3O2. The van der Waals surface area contributed by atoms with Gasteiger partial charge in [0.1, 0.15) is 6.04 Å². The first kappa shape index (κ1) is 8.00. The summed E-state index contributed by atoms with van der Waals surface area (Å²) in [5, 5.41) is 2.85. The van der Waals surface area contributed by atoms with Crippen molar-refractivity contribution in [1.29, 1.82) is 0 Å². The average Bonchev–Trinajstić information content (AvgIpc) is 2.53. The zero-order valence-electron chi connectivity index (χ0n) is 6.28. The largest absolute Gasteiger partial charge is 0.468 e. The van der Waals surface area contributed by atoms with Gasteiger partial charge in [0, 0.05) is 0 Å². The van der Waals surface area contributed by atoms with Gasteiger partial charge >= 0.3 is 5.97 Å². The van der Waals surface area contributed by atoms with Crippen LogP contribution in [0.3, 0.4) is 0 Å². The van der Waals surface area contributed by atoms with Crippen molar-refractivity contribution >= 4 is 12.3 Å². The van der Waals surface area contributed by atoms with E-state index in [1.807, 2.05) is 0 Å². The zero-order valence-corrected chi connectivity index (χ0v) is 6.28. The van der Waals surface area contributed by atoms with E-state index >= 15 is 0 Å². The van der Waals surface area contributed by atoms with Crippen molar-refractivity contribution in [2.45, 2.75) is 12.1 Å². The maximum absolute atomic E-state index is 10.9. The Hall–Kier alpha value is -1.10. The number of nitrogens with one attached hydrogen (secondary N) is 1. The number of esters is 1. The van der Waals surface area contributed by atoms with Crippen LogP contribution < -0.4 is 11.1 Å². The van der Waals surface area contributed by atoms with Crippen LogP contribution in [0.4, 0.5) is 0 Å². The van der Waals surface area contributed by atoms with Crippen molar-refractivity contribution < 1.29 is 9.53 Å². The normalized spacial score (nSPS) is 24.4. The molecule has 0 aliphatic carbocycles. The lowest BCUT2D eigenvalue weighted by molar-refractivity contribution is -0.142. The van der Waals surface area contributed by atoms with Crippen LogP contribution in [0, 0.1) is 0 Å². The van der Waals surface area contributed by atoms with E-state index in [-0.39, 0.29) is 6.04 Å². The molecule has 0 radical (unpaired) electrons. The summed E-state index contributed by atoms with van der Waals surface area (Å²) in [6.45, 7) is 0.538. The van der Waals surface area contributed by atoms with Crippen LogP contribution in [0.25, 0.3) is 0 Å². The summed E-state index contributed by atoms with van der Waals surface area (Å²) >= 11 is 0. The molecule has 1 aliphatic heterocycles. The summed E-state index contributed by atoms with van der Waals surface area (Å²) in [4.78, 5) is 14.7. The number of ether oxygens (including phenoxy) is 1. The first-order valence-electron chi connectivity index (χ1n) is 3.33. The summed E-state index contributed by atoms with van der Waals surface area (Å²) in [6, 6.07) is -0.732. The van der Waals surface area contributed by atoms with E-state index in [0.29, 0.717) is 6.54 Å². The molecule has 0 aromatic rings. The van der Waals surface area contributed by atoms with Gasteiger partial charge in [-0.25, -0.2) is 0 Å². The fraction of sp³-hybridized carbons (Fsp3) is 0.667. The van der Waals surface area contributed by atoms with Gasteiger partial charge in [0.15, 0.2) is 0 Å². The number of nitrogens with zero attached hydrogens (tertiary/aromatic N) is 1. The number of nitrogens with two attached hydrogens (primary N) is 1. The lowest BCUT2D eigenvalue weighted by atomic mass is 10.1. The van der Waals surface area contributed by atoms with Crippen LogP contribution in [0.2, 0.25) is 0 Å². The standard InChI is InChI=1S/C6H11N3O2/c1-11-6(10)5(7)4-2-8-3-9-4/h3-5H,2,7H2,1H3,(H,8,9). The second-order valence-electron chi connectivity index (χ2n) is 2.32. The molecule has 0 amide bonds. The monoisotopic (exact) mass is 157 g/mol. The second-order valence-corrected chi connectivity index (χ2v) is 2.32. The van der Waals surface area contributed by atoms with Gasteiger partial charge in [0.05, 0.1) is 26.0 Å². The minimum atomic E-state index is -0.623. The third kappa shape index (κ3) is 1.68. The highest BCUT2D eigenvalue weighted by molar-refractivity contribution is 5.77. The van der Waals surface area contributed by atoms with Crippen molar-refractivity contribution in [1.82, 2.24) is 5.32 Å². The first-order chi connectivity index (χ1) is 5.25.